The summed E-state index contributed by atoms with van der Waals surface area (Å²) in [4.78, 5) is 62.2. The van der Waals surface area contributed by atoms with Gasteiger partial charge in [0, 0.05) is 20.0 Å². The van der Waals surface area contributed by atoms with Gasteiger partial charge in [-0.3, -0.25) is 24.1 Å². The van der Waals surface area contributed by atoms with Crippen LogP contribution in [0.3, 0.4) is 0 Å². The molecule has 11 nitrogen and oxygen atoms in total. The van der Waals surface area contributed by atoms with Crippen molar-refractivity contribution < 1.29 is 33.6 Å². The second kappa shape index (κ2) is 12.2. The van der Waals surface area contributed by atoms with Crippen LogP contribution in [0.1, 0.15) is 52.0 Å². The molecule has 0 aliphatic carbocycles. The molecule has 0 spiro atoms. The fourth-order valence-corrected chi connectivity index (χ4v) is 3.97. The van der Waals surface area contributed by atoms with E-state index in [0.717, 1.165) is 15.7 Å². The van der Waals surface area contributed by atoms with Crippen LogP contribution in [0.15, 0.2) is 30.3 Å². The predicted molar refractivity (Wildman–Crippen MR) is 129 cm³/mol. The van der Waals surface area contributed by atoms with Gasteiger partial charge in [-0.15, -0.1) is 0 Å². The van der Waals surface area contributed by atoms with Crippen LogP contribution in [0, 0.1) is 0 Å². The average molecular weight is 505 g/mol. The number of hydroxylamine groups is 4. The molecule has 1 aromatic rings. The molecule has 3 atom stereocenters. The lowest BCUT2D eigenvalue weighted by molar-refractivity contribution is -0.249. The highest BCUT2D eigenvalue weighted by molar-refractivity contribution is 5.89. The van der Waals surface area contributed by atoms with Gasteiger partial charge < -0.3 is 15.4 Å². The maximum atomic E-state index is 13.1. The van der Waals surface area contributed by atoms with Gasteiger partial charge in [-0.1, -0.05) is 30.3 Å². The Bertz CT molecular complexity index is 934. The van der Waals surface area contributed by atoms with E-state index in [1.165, 1.54) is 7.05 Å². The molecule has 36 heavy (non-hydrogen) atoms. The predicted octanol–water partition coefficient (Wildman–Crippen LogP) is 1.71. The van der Waals surface area contributed by atoms with Crippen LogP contribution in [0.25, 0.3) is 0 Å². The number of hydrogen-bond donors (Lipinski definition) is 2. The topological polar surface area (TPSA) is 127 Å². The lowest BCUT2D eigenvalue weighted by atomic mass is 10.0. The van der Waals surface area contributed by atoms with Gasteiger partial charge >= 0.3 is 6.09 Å². The summed E-state index contributed by atoms with van der Waals surface area (Å²) in [7, 11) is 1.51. The van der Waals surface area contributed by atoms with E-state index in [2.05, 4.69) is 10.6 Å². The zero-order valence-electron chi connectivity index (χ0n) is 21.3. The van der Waals surface area contributed by atoms with Crippen molar-refractivity contribution in [2.75, 3.05) is 20.1 Å². The SMILES string of the molecule is CNC(=O)[C@H](Cc1ccccc1)NC(=O)[C@H]1CCCN(C(=O)[C@@H]2CCCN(C(=O)OC(C)(C)C)O2)O1. The normalized spacial score (nSPS) is 21.3. The van der Waals surface area contributed by atoms with Gasteiger partial charge in [0.05, 0.1) is 6.54 Å². The first kappa shape index (κ1) is 27.4. The first-order valence-corrected chi connectivity index (χ1v) is 12.3. The van der Waals surface area contributed by atoms with Gasteiger partial charge in [0.15, 0.2) is 12.2 Å². The Morgan fingerprint density at radius 3 is 2.25 bits per heavy atom. The summed E-state index contributed by atoms with van der Waals surface area (Å²) >= 11 is 0. The van der Waals surface area contributed by atoms with Crippen LogP contribution in [-0.2, 0) is 35.2 Å². The number of ether oxygens (including phenoxy) is 1. The van der Waals surface area contributed by atoms with E-state index in [0.29, 0.717) is 38.6 Å². The number of carbonyl (C=O) groups is 4. The largest absolute Gasteiger partial charge is 0.442 e. The molecule has 11 heteroatoms. The van der Waals surface area contributed by atoms with Crippen molar-refractivity contribution >= 4 is 23.8 Å². The van der Waals surface area contributed by atoms with E-state index < -0.39 is 41.8 Å². The fraction of sp³-hybridized carbons (Fsp3) is 0.600. The van der Waals surface area contributed by atoms with Crippen molar-refractivity contribution in [1.82, 2.24) is 20.8 Å². The van der Waals surface area contributed by atoms with Gasteiger partial charge in [-0.05, 0) is 52.0 Å². The lowest BCUT2D eigenvalue weighted by Crippen LogP contribution is -2.55. The molecule has 198 valence electrons. The molecule has 4 amide bonds. The van der Waals surface area contributed by atoms with E-state index in [4.69, 9.17) is 14.4 Å². The molecule has 3 rings (SSSR count). The van der Waals surface area contributed by atoms with Crippen LogP contribution in [0.2, 0.25) is 0 Å². The van der Waals surface area contributed by atoms with Crippen molar-refractivity contribution in [3.63, 3.8) is 0 Å². The molecule has 2 heterocycles. The third-order valence-electron chi connectivity index (χ3n) is 5.74. The third-order valence-corrected chi connectivity index (χ3v) is 5.74. The Morgan fingerprint density at radius 1 is 1.00 bits per heavy atom. The van der Waals surface area contributed by atoms with E-state index in [1.807, 2.05) is 30.3 Å². The van der Waals surface area contributed by atoms with E-state index in [1.54, 1.807) is 20.8 Å². The quantitative estimate of drug-likeness (QED) is 0.604. The Labute approximate surface area is 211 Å². The second-order valence-electron chi connectivity index (χ2n) is 9.86. The molecule has 2 saturated heterocycles. The van der Waals surface area contributed by atoms with Gasteiger partial charge in [0.1, 0.15) is 11.6 Å². The summed E-state index contributed by atoms with van der Waals surface area (Å²) in [5.74, 6) is -1.27. The summed E-state index contributed by atoms with van der Waals surface area (Å²) in [6, 6.07) is 8.57. The summed E-state index contributed by atoms with van der Waals surface area (Å²) < 4.78 is 5.33. The molecule has 0 bridgehead atoms. The van der Waals surface area contributed by atoms with Crippen LogP contribution in [-0.4, -0.2) is 77.9 Å². The zero-order valence-corrected chi connectivity index (χ0v) is 21.3. The molecule has 2 aliphatic rings. The molecular formula is C25H36N4O7. The number of rotatable bonds is 6. The number of amides is 4. The maximum absolute atomic E-state index is 13.1. The summed E-state index contributed by atoms with van der Waals surface area (Å²) in [6.45, 7) is 5.85. The van der Waals surface area contributed by atoms with Crippen molar-refractivity contribution in [3.05, 3.63) is 35.9 Å². The molecule has 0 radical (unpaired) electrons. The fourth-order valence-electron chi connectivity index (χ4n) is 3.97. The smallest absolute Gasteiger partial charge is 0.434 e. The number of benzene rings is 1. The maximum Gasteiger partial charge on any atom is 0.434 e. The Balaban J connectivity index is 1.59. The molecule has 2 aliphatic heterocycles. The van der Waals surface area contributed by atoms with Gasteiger partial charge in [0.25, 0.3) is 11.8 Å². The van der Waals surface area contributed by atoms with E-state index in [9.17, 15) is 19.2 Å². The highest BCUT2D eigenvalue weighted by Crippen LogP contribution is 2.22. The molecular weight excluding hydrogens is 468 g/mol. The van der Waals surface area contributed by atoms with Gasteiger partial charge in [-0.25, -0.2) is 9.86 Å². The standard InChI is InChI=1S/C25H36N4O7/c1-25(2,3)34-24(33)29-15-9-13-20(36-29)23(32)28-14-8-12-19(35-28)22(31)27-18(21(30)26-4)16-17-10-6-5-7-11-17/h5-7,10-11,18-20H,8-9,12-16H2,1-4H3,(H,26,30)(H,27,31)/t18-,19+,20-/m0/s1. The minimum Gasteiger partial charge on any atom is -0.442 e. The Kier molecular flexibility index (Phi) is 9.27. The Morgan fingerprint density at radius 2 is 1.61 bits per heavy atom. The summed E-state index contributed by atoms with van der Waals surface area (Å²) in [5.41, 5.74) is 0.206. The van der Waals surface area contributed by atoms with E-state index >= 15 is 0 Å². The molecule has 2 N–H and O–H groups in total. The third kappa shape index (κ3) is 7.66. The highest BCUT2D eigenvalue weighted by atomic mass is 16.7. The van der Waals surface area contributed by atoms with Crippen molar-refractivity contribution in [1.29, 1.82) is 0 Å². The number of carbonyl (C=O) groups excluding carboxylic acids is 4. The number of hydrogen-bond acceptors (Lipinski definition) is 7. The van der Waals surface area contributed by atoms with Crippen LogP contribution >= 0.6 is 0 Å². The van der Waals surface area contributed by atoms with Crippen molar-refractivity contribution in [2.24, 2.45) is 0 Å². The Hall–Kier alpha value is -3.18. The molecule has 2 fully saturated rings. The van der Waals surface area contributed by atoms with Crippen LogP contribution in [0.4, 0.5) is 4.79 Å². The second-order valence-corrected chi connectivity index (χ2v) is 9.86. The minimum absolute atomic E-state index is 0.289. The van der Waals surface area contributed by atoms with Crippen LogP contribution < -0.4 is 10.6 Å². The first-order chi connectivity index (χ1) is 17.1. The van der Waals surface area contributed by atoms with Crippen molar-refractivity contribution in [3.8, 4) is 0 Å². The van der Waals surface area contributed by atoms with Crippen molar-refractivity contribution in [2.45, 2.75) is 76.7 Å². The zero-order chi connectivity index (χ0) is 26.3. The summed E-state index contributed by atoms with van der Waals surface area (Å²) in [5, 5.41) is 7.51. The van der Waals surface area contributed by atoms with Gasteiger partial charge in [0.2, 0.25) is 5.91 Å². The minimum atomic E-state index is -0.934. The number of nitrogens with one attached hydrogen (secondary N) is 2. The number of likely N-dealkylation sites (N-methyl/N-ethyl adjacent to an activating group) is 1. The highest BCUT2D eigenvalue weighted by Gasteiger charge is 2.38. The molecule has 1 aromatic carbocycles. The summed E-state index contributed by atoms with van der Waals surface area (Å²) in [6.07, 6.45) is -0.299. The van der Waals surface area contributed by atoms with E-state index in [-0.39, 0.29) is 12.5 Å². The van der Waals surface area contributed by atoms with Gasteiger partial charge in [-0.2, -0.15) is 5.06 Å². The van der Waals surface area contributed by atoms with Crippen LogP contribution in [0.5, 0.6) is 0 Å². The molecule has 0 saturated carbocycles. The molecule has 0 unspecified atom stereocenters. The monoisotopic (exact) mass is 504 g/mol. The molecule has 0 aromatic heterocycles. The lowest BCUT2D eigenvalue weighted by Gasteiger charge is -2.37. The first-order valence-electron chi connectivity index (χ1n) is 12.3. The number of nitrogens with zero attached hydrogens (tertiary/aromatic N) is 2. The average Bonchev–Trinajstić information content (AvgIpc) is 2.87.